The molecule has 84 valence electrons. The zero-order valence-corrected chi connectivity index (χ0v) is 9.39. The van der Waals surface area contributed by atoms with E-state index < -0.39 is 5.82 Å². The van der Waals surface area contributed by atoms with Gasteiger partial charge in [-0.15, -0.1) is 0 Å². The maximum Gasteiger partial charge on any atom is 0.168 e. The first kappa shape index (κ1) is 11.4. The van der Waals surface area contributed by atoms with Gasteiger partial charge in [0.1, 0.15) is 11.5 Å². The Labute approximate surface area is 100 Å². The second-order valence-electron chi connectivity index (χ2n) is 3.09. The topological polar surface area (TPSA) is 46.3 Å². The van der Waals surface area contributed by atoms with Crippen LogP contribution < -0.4 is 0 Å². The highest BCUT2D eigenvalue weighted by atomic mass is 35.5. The van der Waals surface area contributed by atoms with Crippen LogP contribution in [0.25, 0.3) is 11.3 Å². The molecule has 0 saturated heterocycles. The molecule has 0 bridgehead atoms. The number of nitrogens with zero attached hydrogens (tertiary/aromatic N) is 1. The molecule has 0 atom stereocenters. The lowest BCUT2D eigenvalue weighted by atomic mass is 10.1. The van der Waals surface area contributed by atoms with Crippen molar-refractivity contribution in [1.82, 2.24) is 5.16 Å². The number of benzene rings is 1. The fraction of sp³-hybridized carbons (Fsp3) is 0.100. The van der Waals surface area contributed by atoms with Crippen molar-refractivity contribution in [2.75, 3.05) is 0 Å². The summed E-state index contributed by atoms with van der Waals surface area (Å²) in [5, 5.41) is 12.6. The molecule has 0 amide bonds. The van der Waals surface area contributed by atoms with Gasteiger partial charge in [0.25, 0.3) is 0 Å². The van der Waals surface area contributed by atoms with Crippen LogP contribution in [-0.2, 0) is 6.61 Å². The summed E-state index contributed by atoms with van der Waals surface area (Å²) in [5.74, 6) is -0.312. The van der Waals surface area contributed by atoms with Crippen molar-refractivity contribution >= 4 is 23.2 Å². The van der Waals surface area contributed by atoms with Crippen LogP contribution in [0, 0.1) is 5.82 Å². The zero-order chi connectivity index (χ0) is 11.7. The van der Waals surface area contributed by atoms with E-state index in [-0.39, 0.29) is 22.4 Å². The molecule has 1 aromatic carbocycles. The van der Waals surface area contributed by atoms with Gasteiger partial charge in [0.15, 0.2) is 5.76 Å². The van der Waals surface area contributed by atoms with Gasteiger partial charge < -0.3 is 9.63 Å². The van der Waals surface area contributed by atoms with Crippen molar-refractivity contribution in [1.29, 1.82) is 0 Å². The van der Waals surface area contributed by atoms with E-state index in [1.165, 1.54) is 12.1 Å². The van der Waals surface area contributed by atoms with Crippen molar-refractivity contribution in [3.63, 3.8) is 0 Å². The molecular weight excluding hydrogens is 256 g/mol. The molecule has 16 heavy (non-hydrogen) atoms. The highest BCUT2D eigenvalue weighted by Crippen LogP contribution is 2.32. The van der Waals surface area contributed by atoms with Crippen LogP contribution in [-0.4, -0.2) is 10.3 Å². The quantitative estimate of drug-likeness (QED) is 0.845. The van der Waals surface area contributed by atoms with Crippen LogP contribution in [0.4, 0.5) is 4.39 Å². The summed E-state index contributed by atoms with van der Waals surface area (Å²) in [6.07, 6.45) is 0. The third-order valence-corrected chi connectivity index (χ3v) is 2.60. The maximum absolute atomic E-state index is 13.2. The maximum atomic E-state index is 13.2. The summed E-state index contributed by atoms with van der Waals surface area (Å²) in [6.45, 7) is -0.253. The minimum absolute atomic E-state index is 0.0596. The number of rotatable bonds is 2. The van der Waals surface area contributed by atoms with Gasteiger partial charge in [0.2, 0.25) is 0 Å². The summed E-state index contributed by atoms with van der Waals surface area (Å²) < 4.78 is 18.1. The van der Waals surface area contributed by atoms with E-state index in [4.69, 9.17) is 32.8 Å². The van der Waals surface area contributed by atoms with E-state index in [1.54, 1.807) is 0 Å². The van der Waals surface area contributed by atoms with Crippen molar-refractivity contribution < 1.29 is 14.0 Å². The van der Waals surface area contributed by atoms with E-state index in [2.05, 4.69) is 5.16 Å². The van der Waals surface area contributed by atoms with E-state index in [1.807, 2.05) is 0 Å². The van der Waals surface area contributed by atoms with Crippen LogP contribution in [0.5, 0.6) is 0 Å². The predicted octanol–water partition coefficient (Wildman–Crippen LogP) is 3.28. The molecule has 0 aliphatic rings. The molecule has 2 rings (SSSR count). The summed E-state index contributed by atoms with van der Waals surface area (Å²) >= 11 is 11.4. The standard InChI is InChI=1S/C10H6Cl2FNO2/c11-7-3-8(12)9(13)2-6(7)10-1-5(4-15)14-16-10/h1-3,15H,4H2. The molecule has 0 saturated carbocycles. The molecule has 0 aliphatic heterocycles. The molecule has 1 heterocycles. The third-order valence-electron chi connectivity index (χ3n) is 2.00. The Bertz CT molecular complexity index is 528. The third kappa shape index (κ3) is 2.04. The molecule has 6 heteroatoms. The van der Waals surface area contributed by atoms with Crippen molar-refractivity contribution in [2.45, 2.75) is 6.61 Å². The highest BCUT2D eigenvalue weighted by molar-refractivity contribution is 6.36. The molecule has 2 aromatic rings. The summed E-state index contributed by atoms with van der Waals surface area (Å²) in [5.41, 5.74) is 0.692. The van der Waals surface area contributed by atoms with Crippen molar-refractivity contribution in [2.24, 2.45) is 0 Å². The fourth-order valence-electron chi connectivity index (χ4n) is 1.22. The second kappa shape index (κ2) is 4.41. The van der Waals surface area contributed by atoms with Gasteiger partial charge >= 0.3 is 0 Å². The smallest absolute Gasteiger partial charge is 0.168 e. The fourth-order valence-corrected chi connectivity index (χ4v) is 1.70. The van der Waals surface area contributed by atoms with Crippen molar-refractivity contribution in [3.8, 4) is 11.3 Å². The molecule has 0 aliphatic carbocycles. The number of hydrogen-bond donors (Lipinski definition) is 1. The first-order valence-corrected chi connectivity index (χ1v) is 5.09. The highest BCUT2D eigenvalue weighted by Gasteiger charge is 2.13. The number of halogens is 3. The van der Waals surface area contributed by atoms with Gasteiger partial charge in [-0.2, -0.15) is 0 Å². The molecule has 0 fully saturated rings. The number of aromatic nitrogens is 1. The van der Waals surface area contributed by atoms with Crippen LogP contribution in [0.3, 0.4) is 0 Å². The molecule has 0 spiro atoms. The van der Waals surface area contributed by atoms with E-state index in [0.29, 0.717) is 11.3 Å². The first-order chi connectivity index (χ1) is 7.61. The Hall–Kier alpha value is -1.10. The van der Waals surface area contributed by atoms with E-state index >= 15 is 0 Å². The molecule has 0 unspecified atom stereocenters. The lowest BCUT2D eigenvalue weighted by Crippen LogP contribution is -1.82. The summed E-state index contributed by atoms with van der Waals surface area (Å²) in [6, 6.07) is 3.93. The lowest BCUT2D eigenvalue weighted by Gasteiger charge is -2.01. The number of aliphatic hydroxyl groups excluding tert-OH is 1. The predicted molar refractivity (Wildman–Crippen MR) is 57.8 cm³/mol. The van der Waals surface area contributed by atoms with E-state index in [0.717, 1.165) is 6.07 Å². The number of hydrogen-bond acceptors (Lipinski definition) is 3. The van der Waals surface area contributed by atoms with Gasteiger partial charge in [-0.25, -0.2) is 4.39 Å². The second-order valence-corrected chi connectivity index (χ2v) is 3.90. The first-order valence-electron chi connectivity index (χ1n) is 4.33. The Morgan fingerprint density at radius 3 is 2.62 bits per heavy atom. The van der Waals surface area contributed by atoms with Crippen LogP contribution >= 0.6 is 23.2 Å². The van der Waals surface area contributed by atoms with Crippen LogP contribution in [0.15, 0.2) is 22.7 Å². The zero-order valence-electron chi connectivity index (χ0n) is 7.88. The average molecular weight is 262 g/mol. The molecule has 0 radical (unpaired) electrons. The molecule has 1 aromatic heterocycles. The van der Waals surface area contributed by atoms with Gasteiger partial charge in [-0.1, -0.05) is 28.4 Å². The molecule has 1 N–H and O–H groups in total. The largest absolute Gasteiger partial charge is 0.390 e. The van der Waals surface area contributed by atoms with Gasteiger partial charge in [-0.3, -0.25) is 0 Å². The summed E-state index contributed by atoms with van der Waals surface area (Å²) in [4.78, 5) is 0. The van der Waals surface area contributed by atoms with Crippen LogP contribution in [0.2, 0.25) is 10.0 Å². The molecule has 3 nitrogen and oxygen atoms in total. The summed E-state index contributed by atoms with van der Waals surface area (Å²) in [7, 11) is 0. The van der Waals surface area contributed by atoms with Gasteiger partial charge in [-0.05, 0) is 12.1 Å². The normalized spacial score (nSPS) is 10.8. The number of aliphatic hydroxyl groups is 1. The molecular formula is C10H6Cl2FNO2. The lowest BCUT2D eigenvalue weighted by molar-refractivity contribution is 0.267. The van der Waals surface area contributed by atoms with Gasteiger partial charge in [0.05, 0.1) is 16.7 Å². The van der Waals surface area contributed by atoms with Crippen LogP contribution in [0.1, 0.15) is 5.69 Å². The Morgan fingerprint density at radius 2 is 2.00 bits per heavy atom. The Morgan fingerprint density at radius 1 is 1.25 bits per heavy atom. The SMILES string of the molecule is OCc1cc(-c2cc(F)c(Cl)cc2Cl)on1. The minimum atomic E-state index is -0.594. The van der Waals surface area contributed by atoms with Crippen molar-refractivity contribution in [3.05, 3.63) is 39.8 Å². The average Bonchev–Trinajstić information content (AvgIpc) is 2.71. The Kier molecular flexibility index (Phi) is 3.14. The van der Waals surface area contributed by atoms with E-state index in [9.17, 15) is 4.39 Å². The minimum Gasteiger partial charge on any atom is -0.390 e. The monoisotopic (exact) mass is 261 g/mol. The Balaban J connectivity index is 2.51. The van der Waals surface area contributed by atoms with Gasteiger partial charge in [0, 0.05) is 11.6 Å².